The quantitative estimate of drug-likeness (QED) is 0.315. The smallest absolute Gasteiger partial charge is 0.270 e. The Morgan fingerprint density at radius 1 is 1.26 bits per heavy atom. The first-order chi connectivity index (χ1) is 13.0. The predicted octanol–water partition coefficient (Wildman–Crippen LogP) is 4.05. The Balaban J connectivity index is 1.70. The van der Waals surface area contributed by atoms with Crippen molar-refractivity contribution in [3.8, 4) is 5.75 Å². The van der Waals surface area contributed by atoms with E-state index in [1.165, 1.54) is 23.9 Å². The second-order valence-corrected chi connectivity index (χ2v) is 7.46. The molecule has 0 atom stereocenters. The summed E-state index contributed by atoms with van der Waals surface area (Å²) < 4.78 is 5.63. The molecule has 8 heteroatoms. The molecule has 2 aromatic carbocycles. The second kappa shape index (κ2) is 8.32. The Labute approximate surface area is 166 Å². The molecule has 0 radical (unpaired) electrons. The van der Waals surface area contributed by atoms with Gasteiger partial charge in [0.25, 0.3) is 11.6 Å². The largest absolute Gasteiger partial charge is 0.497 e. The maximum atomic E-state index is 12.7. The third-order valence-electron chi connectivity index (χ3n) is 4.04. The maximum Gasteiger partial charge on any atom is 0.270 e. The molecule has 1 fully saturated rings. The zero-order chi connectivity index (χ0) is 19.4. The highest BCUT2D eigenvalue weighted by molar-refractivity contribution is 8.26. The van der Waals surface area contributed by atoms with E-state index in [9.17, 15) is 14.9 Å². The summed E-state index contributed by atoms with van der Waals surface area (Å²) in [5.74, 6) is 0.606. The molecule has 0 N–H and O–H groups in total. The van der Waals surface area contributed by atoms with E-state index in [1.54, 1.807) is 30.2 Å². The van der Waals surface area contributed by atoms with Crippen LogP contribution < -0.4 is 4.74 Å². The van der Waals surface area contributed by atoms with Gasteiger partial charge in [0.2, 0.25) is 0 Å². The third kappa shape index (κ3) is 4.53. The van der Waals surface area contributed by atoms with Gasteiger partial charge < -0.3 is 4.74 Å². The van der Waals surface area contributed by atoms with Crippen molar-refractivity contribution in [1.82, 2.24) is 4.90 Å². The average molecular weight is 400 g/mol. The molecule has 1 amide bonds. The highest BCUT2D eigenvalue weighted by Gasteiger charge is 2.31. The van der Waals surface area contributed by atoms with Crippen molar-refractivity contribution in [2.24, 2.45) is 0 Å². The van der Waals surface area contributed by atoms with Gasteiger partial charge in [0.15, 0.2) is 0 Å². The number of rotatable bonds is 6. The molecular weight excluding hydrogens is 384 g/mol. The van der Waals surface area contributed by atoms with Crippen molar-refractivity contribution in [3.05, 3.63) is 74.7 Å². The second-order valence-electron chi connectivity index (χ2n) is 5.78. The van der Waals surface area contributed by atoms with Crippen LogP contribution in [0, 0.1) is 10.1 Å². The fourth-order valence-electron chi connectivity index (χ4n) is 2.61. The Bertz CT molecular complexity index is 926. The number of thioether (sulfide) groups is 1. The molecule has 6 nitrogen and oxygen atoms in total. The first-order valence-corrected chi connectivity index (χ1v) is 9.33. The van der Waals surface area contributed by atoms with E-state index in [0.29, 0.717) is 27.8 Å². The first kappa shape index (κ1) is 19.1. The molecule has 0 aliphatic carbocycles. The zero-order valence-electron chi connectivity index (χ0n) is 14.5. The Morgan fingerprint density at radius 2 is 2.00 bits per heavy atom. The van der Waals surface area contributed by atoms with E-state index in [-0.39, 0.29) is 11.6 Å². The van der Waals surface area contributed by atoms with Crippen LogP contribution >= 0.6 is 24.0 Å². The molecule has 0 unspecified atom stereocenters. The monoisotopic (exact) mass is 400 g/mol. The van der Waals surface area contributed by atoms with Crippen molar-refractivity contribution < 1.29 is 14.5 Å². The van der Waals surface area contributed by atoms with Gasteiger partial charge in [0, 0.05) is 18.7 Å². The lowest BCUT2D eigenvalue weighted by molar-refractivity contribution is -0.384. The molecule has 1 heterocycles. The molecule has 0 spiro atoms. The summed E-state index contributed by atoms with van der Waals surface area (Å²) in [7, 11) is 1.61. The van der Waals surface area contributed by atoms with Gasteiger partial charge in [-0.05, 0) is 35.8 Å². The van der Waals surface area contributed by atoms with Crippen molar-refractivity contribution in [2.75, 3.05) is 13.7 Å². The molecule has 0 bridgehead atoms. The van der Waals surface area contributed by atoms with Crippen LogP contribution in [-0.4, -0.2) is 33.7 Å². The standard InChI is InChI=1S/C19H16N2O4S2/c1-25-16-7-5-13(6-8-16)9-10-20-18(22)17(27-19(20)26)12-14-3-2-4-15(11-14)21(23)24/h2-8,11-12H,9-10H2,1H3/b17-12-. The minimum Gasteiger partial charge on any atom is -0.497 e. The maximum absolute atomic E-state index is 12.7. The number of carbonyl (C=O) groups excluding carboxylic acids is 1. The minimum atomic E-state index is -0.461. The van der Waals surface area contributed by atoms with Crippen LogP contribution in [0.3, 0.4) is 0 Å². The Morgan fingerprint density at radius 3 is 2.67 bits per heavy atom. The number of benzene rings is 2. The van der Waals surface area contributed by atoms with Crippen LogP contribution in [0.5, 0.6) is 5.75 Å². The van der Waals surface area contributed by atoms with Gasteiger partial charge in [-0.15, -0.1) is 0 Å². The van der Waals surface area contributed by atoms with Crippen LogP contribution in [0.2, 0.25) is 0 Å². The van der Waals surface area contributed by atoms with Crippen molar-refractivity contribution in [1.29, 1.82) is 0 Å². The van der Waals surface area contributed by atoms with E-state index in [4.69, 9.17) is 17.0 Å². The summed E-state index contributed by atoms with van der Waals surface area (Å²) in [4.78, 5) is 25.1. The topological polar surface area (TPSA) is 72.7 Å². The Kier molecular flexibility index (Phi) is 5.88. The predicted molar refractivity (Wildman–Crippen MR) is 110 cm³/mol. The summed E-state index contributed by atoms with van der Waals surface area (Å²) in [5, 5.41) is 10.9. The van der Waals surface area contributed by atoms with Crippen LogP contribution in [0.4, 0.5) is 5.69 Å². The van der Waals surface area contributed by atoms with Gasteiger partial charge in [-0.3, -0.25) is 19.8 Å². The van der Waals surface area contributed by atoms with Gasteiger partial charge >= 0.3 is 0 Å². The molecule has 0 saturated carbocycles. The summed E-state index contributed by atoms with van der Waals surface area (Å²) in [6.07, 6.45) is 2.31. The van der Waals surface area contributed by atoms with Gasteiger partial charge in [0.1, 0.15) is 10.1 Å². The zero-order valence-corrected chi connectivity index (χ0v) is 16.1. The minimum absolute atomic E-state index is 0.0151. The number of nitro benzene ring substituents is 1. The van der Waals surface area contributed by atoms with E-state index in [2.05, 4.69) is 0 Å². The molecule has 1 saturated heterocycles. The summed E-state index contributed by atoms with van der Waals surface area (Å²) in [6.45, 7) is 0.475. The number of thiocarbonyl (C=S) groups is 1. The van der Waals surface area contributed by atoms with E-state index in [1.807, 2.05) is 24.3 Å². The fraction of sp³-hybridized carbons (Fsp3) is 0.158. The van der Waals surface area contributed by atoms with E-state index >= 15 is 0 Å². The molecule has 2 aromatic rings. The number of non-ortho nitro benzene ring substituents is 1. The van der Waals surface area contributed by atoms with Gasteiger partial charge in [-0.25, -0.2) is 0 Å². The number of amides is 1. The molecule has 138 valence electrons. The van der Waals surface area contributed by atoms with Crippen molar-refractivity contribution >= 4 is 46.0 Å². The molecule has 0 aromatic heterocycles. The van der Waals surface area contributed by atoms with Gasteiger partial charge in [0.05, 0.1) is 16.9 Å². The van der Waals surface area contributed by atoms with Crippen molar-refractivity contribution in [2.45, 2.75) is 6.42 Å². The van der Waals surface area contributed by atoms with Crippen LogP contribution in [0.15, 0.2) is 53.4 Å². The highest BCUT2D eigenvalue weighted by atomic mass is 32.2. The van der Waals surface area contributed by atoms with Crippen LogP contribution in [0.1, 0.15) is 11.1 Å². The van der Waals surface area contributed by atoms with Gasteiger partial charge in [-0.1, -0.05) is 48.2 Å². The lowest BCUT2D eigenvalue weighted by atomic mass is 10.1. The number of hydrogen-bond acceptors (Lipinski definition) is 6. The van der Waals surface area contributed by atoms with E-state index < -0.39 is 4.92 Å². The lowest BCUT2D eigenvalue weighted by Gasteiger charge is -2.14. The molecule has 1 aliphatic heterocycles. The number of hydrogen-bond donors (Lipinski definition) is 0. The number of nitrogens with zero attached hydrogens (tertiary/aromatic N) is 2. The van der Waals surface area contributed by atoms with Crippen molar-refractivity contribution in [3.63, 3.8) is 0 Å². The summed E-state index contributed by atoms with van der Waals surface area (Å²) in [5.41, 5.74) is 1.66. The normalized spacial score (nSPS) is 15.4. The summed E-state index contributed by atoms with van der Waals surface area (Å²) in [6, 6.07) is 13.8. The Hall–Kier alpha value is -2.71. The average Bonchev–Trinajstić information content (AvgIpc) is 2.93. The SMILES string of the molecule is COc1ccc(CCN2C(=O)/C(=C/c3cccc([N+](=O)[O-])c3)SC2=S)cc1. The van der Waals surface area contributed by atoms with Gasteiger partial charge in [-0.2, -0.15) is 0 Å². The number of methoxy groups -OCH3 is 1. The van der Waals surface area contributed by atoms with E-state index in [0.717, 1.165) is 11.3 Å². The molecular formula is C19H16N2O4S2. The molecule has 1 aliphatic rings. The number of carbonyl (C=O) groups is 1. The lowest BCUT2D eigenvalue weighted by Crippen LogP contribution is -2.30. The van der Waals surface area contributed by atoms with Crippen LogP contribution in [-0.2, 0) is 11.2 Å². The first-order valence-electron chi connectivity index (χ1n) is 8.10. The number of nitro groups is 1. The third-order valence-corrected chi connectivity index (χ3v) is 5.41. The summed E-state index contributed by atoms with van der Waals surface area (Å²) >= 11 is 6.54. The van der Waals surface area contributed by atoms with Crippen LogP contribution in [0.25, 0.3) is 6.08 Å². The molecule has 27 heavy (non-hydrogen) atoms. The highest BCUT2D eigenvalue weighted by Crippen LogP contribution is 2.33. The molecule has 3 rings (SSSR count). The number of ether oxygens (including phenoxy) is 1. The fourth-order valence-corrected chi connectivity index (χ4v) is 3.91.